The average molecular weight is 509 g/mol. The van der Waals surface area contributed by atoms with Gasteiger partial charge in [0.15, 0.2) is 0 Å². The second-order valence-electron chi connectivity index (χ2n) is 11.7. The largest absolute Gasteiger partial charge is 0.492 e. The van der Waals surface area contributed by atoms with E-state index in [1.807, 2.05) is 69.9 Å². The number of ether oxygens (including phenoxy) is 4. The number of carbonyl (C=O) groups is 2. The standard InChI is InChI=1S/C29H36N2O6/c1-27(2,3)37-26(33)30-16-19-6-9-23-22(14-19)29(18-34-23)10-12-31(13-11-29)25(32)20-7-8-21-17-35-28(4,5)36-24(21)15-20/h6-9,14-15H,10-13,16-18H2,1-5H3,(H,30,33). The van der Waals surface area contributed by atoms with Gasteiger partial charge in [0.05, 0.1) is 13.2 Å². The third-order valence-corrected chi connectivity index (χ3v) is 7.21. The summed E-state index contributed by atoms with van der Waals surface area (Å²) in [7, 11) is 0. The van der Waals surface area contributed by atoms with Crippen LogP contribution in [0.3, 0.4) is 0 Å². The van der Waals surface area contributed by atoms with Crippen molar-refractivity contribution in [3.8, 4) is 11.5 Å². The number of fused-ring (bicyclic) bond motifs is 3. The first-order chi connectivity index (χ1) is 17.4. The van der Waals surface area contributed by atoms with Crippen molar-refractivity contribution in [3.63, 3.8) is 0 Å². The number of rotatable bonds is 3. The van der Waals surface area contributed by atoms with E-state index < -0.39 is 17.5 Å². The average Bonchev–Trinajstić information content (AvgIpc) is 3.18. The molecule has 3 aliphatic rings. The summed E-state index contributed by atoms with van der Waals surface area (Å²) in [5, 5.41) is 2.83. The Kier molecular flexibility index (Phi) is 6.34. The Morgan fingerprint density at radius 2 is 1.81 bits per heavy atom. The number of hydrogen-bond donors (Lipinski definition) is 1. The van der Waals surface area contributed by atoms with Gasteiger partial charge in [-0.2, -0.15) is 0 Å². The number of alkyl carbamates (subject to hydrolysis) is 1. The molecule has 5 rings (SSSR count). The van der Waals surface area contributed by atoms with Crippen LogP contribution in [0.15, 0.2) is 36.4 Å². The molecule has 3 aliphatic heterocycles. The Morgan fingerprint density at radius 3 is 2.54 bits per heavy atom. The minimum atomic E-state index is -0.705. The summed E-state index contributed by atoms with van der Waals surface area (Å²) in [6.07, 6.45) is 1.20. The van der Waals surface area contributed by atoms with Gasteiger partial charge in [-0.3, -0.25) is 4.79 Å². The molecule has 2 amide bonds. The number of hydrogen-bond acceptors (Lipinski definition) is 6. The van der Waals surface area contributed by atoms with Crippen molar-refractivity contribution >= 4 is 12.0 Å². The summed E-state index contributed by atoms with van der Waals surface area (Å²) in [6, 6.07) is 11.7. The SMILES string of the molecule is CC(C)(C)OC(=O)NCc1ccc2c(c1)C1(CCN(C(=O)c3ccc4c(c3)OC(C)(C)OC4)CC1)CO2. The summed E-state index contributed by atoms with van der Waals surface area (Å²) in [4.78, 5) is 27.4. The van der Waals surface area contributed by atoms with Gasteiger partial charge in [0.2, 0.25) is 5.79 Å². The van der Waals surface area contributed by atoms with Gasteiger partial charge in [0, 0.05) is 55.6 Å². The Morgan fingerprint density at radius 1 is 1.05 bits per heavy atom. The van der Waals surface area contributed by atoms with E-state index >= 15 is 0 Å². The number of piperidine rings is 1. The van der Waals surface area contributed by atoms with E-state index in [0.717, 1.165) is 35.3 Å². The lowest BCUT2D eigenvalue weighted by atomic mass is 9.74. The van der Waals surface area contributed by atoms with Gasteiger partial charge in [0.1, 0.15) is 17.1 Å². The van der Waals surface area contributed by atoms with Crippen LogP contribution in [0.2, 0.25) is 0 Å². The van der Waals surface area contributed by atoms with Gasteiger partial charge in [-0.15, -0.1) is 0 Å². The highest BCUT2D eigenvalue weighted by Crippen LogP contribution is 2.46. The number of nitrogens with zero attached hydrogens (tertiary/aromatic N) is 1. The van der Waals surface area contributed by atoms with Crippen LogP contribution in [0, 0.1) is 0 Å². The lowest BCUT2D eigenvalue weighted by Crippen LogP contribution is -2.46. The van der Waals surface area contributed by atoms with Gasteiger partial charge < -0.3 is 29.2 Å². The predicted octanol–water partition coefficient (Wildman–Crippen LogP) is 4.92. The molecule has 8 heteroatoms. The zero-order chi connectivity index (χ0) is 26.4. The summed E-state index contributed by atoms with van der Waals surface area (Å²) in [5.74, 6) is 0.905. The first-order valence-corrected chi connectivity index (χ1v) is 12.9. The maximum atomic E-state index is 13.4. The quantitative estimate of drug-likeness (QED) is 0.633. The molecule has 1 fully saturated rings. The van der Waals surface area contributed by atoms with Crippen LogP contribution >= 0.6 is 0 Å². The predicted molar refractivity (Wildman–Crippen MR) is 138 cm³/mol. The number of nitrogens with one attached hydrogen (secondary N) is 1. The number of carbonyl (C=O) groups excluding carboxylic acids is 2. The van der Waals surface area contributed by atoms with Crippen LogP contribution < -0.4 is 14.8 Å². The third kappa shape index (κ3) is 5.39. The third-order valence-electron chi connectivity index (χ3n) is 7.21. The topological polar surface area (TPSA) is 86.3 Å². The minimum Gasteiger partial charge on any atom is -0.492 e. The van der Waals surface area contributed by atoms with E-state index in [0.29, 0.717) is 44.2 Å². The van der Waals surface area contributed by atoms with Crippen LogP contribution in [0.25, 0.3) is 0 Å². The Bertz CT molecular complexity index is 1210. The van der Waals surface area contributed by atoms with Crippen molar-refractivity contribution < 1.29 is 28.5 Å². The molecule has 8 nitrogen and oxygen atoms in total. The van der Waals surface area contributed by atoms with E-state index in [9.17, 15) is 9.59 Å². The molecule has 0 aliphatic carbocycles. The lowest BCUT2D eigenvalue weighted by molar-refractivity contribution is -0.180. The van der Waals surface area contributed by atoms with Gasteiger partial charge in [0.25, 0.3) is 5.91 Å². The van der Waals surface area contributed by atoms with E-state index in [-0.39, 0.29) is 11.3 Å². The highest BCUT2D eigenvalue weighted by Gasteiger charge is 2.44. The monoisotopic (exact) mass is 508 g/mol. The molecule has 198 valence electrons. The van der Waals surface area contributed by atoms with Gasteiger partial charge in [-0.1, -0.05) is 12.1 Å². The molecule has 0 unspecified atom stereocenters. The van der Waals surface area contributed by atoms with E-state index in [4.69, 9.17) is 18.9 Å². The van der Waals surface area contributed by atoms with Crippen molar-refractivity contribution in [2.24, 2.45) is 0 Å². The molecular weight excluding hydrogens is 472 g/mol. The summed E-state index contributed by atoms with van der Waals surface area (Å²) >= 11 is 0. The van der Waals surface area contributed by atoms with Crippen molar-refractivity contribution in [3.05, 3.63) is 58.7 Å². The van der Waals surface area contributed by atoms with E-state index in [2.05, 4.69) is 11.4 Å². The summed E-state index contributed by atoms with van der Waals surface area (Å²) in [6.45, 7) is 12.0. The molecule has 3 heterocycles. The Hall–Kier alpha value is -3.26. The first-order valence-electron chi connectivity index (χ1n) is 12.9. The van der Waals surface area contributed by atoms with Crippen LogP contribution in [0.4, 0.5) is 4.79 Å². The number of benzene rings is 2. The molecule has 0 atom stereocenters. The molecule has 0 saturated carbocycles. The maximum absolute atomic E-state index is 13.4. The van der Waals surface area contributed by atoms with Crippen molar-refractivity contribution in [1.29, 1.82) is 0 Å². The maximum Gasteiger partial charge on any atom is 0.407 e. The molecule has 2 aromatic carbocycles. The highest BCUT2D eigenvalue weighted by atomic mass is 16.7. The molecule has 37 heavy (non-hydrogen) atoms. The van der Waals surface area contributed by atoms with E-state index in [1.165, 1.54) is 0 Å². The first kappa shape index (κ1) is 25.4. The lowest BCUT2D eigenvalue weighted by Gasteiger charge is -2.39. The normalized spacial score (nSPS) is 19.3. The zero-order valence-corrected chi connectivity index (χ0v) is 22.3. The van der Waals surface area contributed by atoms with Gasteiger partial charge >= 0.3 is 6.09 Å². The molecule has 1 N–H and O–H groups in total. The van der Waals surface area contributed by atoms with Crippen molar-refractivity contribution in [1.82, 2.24) is 10.2 Å². The van der Waals surface area contributed by atoms with Crippen molar-refractivity contribution in [2.75, 3.05) is 19.7 Å². The van der Waals surface area contributed by atoms with Crippen LogP contribution in [0.5, 0.6) is 11.5 Å². The second-order valence-corrected chi connectivity index (χ2v) is 11.7. The molecule has 2 aromatic rings. The molecule has 1 spiro atoms. The van der Waals surface area contributed by atoms with Crippen LogP contribution in [0.1, 0.15) is 74.5 Å². The fraction of sp³-hybridized carbons (Fsp3) is 0.517. The summed E-state index contributed by atoms with van der Waals surface area (Å²) in [5.41, 5.74) is 3.06. The smallest absolute Gasteiger partial charge is 0.407 e. The Balaban J connectivity index is 1.24. The molecule has 0 aromatic heterocycles. The Labute approximate surface area is 218 Å². The number of amides is 2. The van der Waals surface area contributed by atoms with Gasteiger partial charge in [-0.25, -0.2) is 4.79 Å². The van der Waals surface area contributed by atoms with Crippen molar-refractivity contribution in [2.45, 2.75) is 77.4 Å². The van der Waals surface area contributed by atoms with E-state index in [1.54, 1.807) is 0 Å². The molecule has 0 radical (unpaired) electrons. The van der Waals surface area contributed by atoms with Crippen LogP contribution in [-0.2, 0) is 28.0 Å². The molecule has 1 saturated heterocycles. The zero-order valence-electron chi connectivity index (χ0n) is 22.3. The minimum absolute atomic E-state index is 0.0139. The highest BCUT2D eigenvalue weighted by molar-refractivity contribution is 5.95. The fourth-order valence-electron chi connectivity index (χ4n) is 5.19. The van der Waals surface area contributed by atoms with Gasteiger partial charge in [-0.05, 0) is 63.4 Å². The molecular formula is C29H36N2O6. The number of likely N-dealkylation sites (tertiary alicyclic amines) is 1. The summed E-state index contributed by atoms with van der Waals surface area (Å²) < 4.78 is 23.0. The fourth-order valence-corrected chi connectivity index (χ4v) is 5.19. The van der Waals surface area contributed by atoms with Crippen LogP contribution in [-0.4, -0.2) is 48.0 Å². The second kappa shape index (κ2) is 9.24. The molecule has 0 bridgehead atoms.